The second-order valence-corrected chi connectivity index (χ2v) is 6.39. The Morgan fingerprint density at radius 1 is 1.38 bits per heavy atom. The largest absolute Gasteiger partial charge is 0.598 e. The second-order valence-electron chi connectivity index (χ2n) is 4.39. The van der Waals surface area contributed by atoms with Crippen LogP contribution >= 0.6 is 0 Å². The van der Waals surface area contributed by atoms with Crippen LogP contribution in [0.5, 0.6) is 0 Å². The third-order valence-electron chi connectivity index (χ3n) is 1.64. The molecule has 0 bridgehead atoms. The highest BCUT2D eigenvalue weighted by Crippen LogP contribution is 2.15. The van der Waals surface area contributed by atoms with Crippen molar-refractivity contribution in [1.82, 2.24) is 4.72 Å². The Balaban J connectivity index is 4.20. The zero-order chi connectivity index (χ0) is 10.6. The fraction of sp³-hybridized carbons (Fsp3) is 0.800. The number of hydrogen-bond donors (Lipinski definition) is 1. The zero-order valence-corrected chi connectivity index (χ0v) is 9.87. The first-order valence-electron chi connectivity index (χ1n) is 4.43. The van der Waals surface area contributed by atoms with Gasteiger partial charge in [0, 0.05) is 11.4 Å². The highest BCUT2D eigenvalue weighted by Gasteiger charge is 2.29. The zero-order valence-electron chi connectivity index (χ0n) is 9.05. The van der Waals surface area contributed by atoms with Crippen LogP contribution in [0.3, 0.4) is 0 Å². The van der Waals surface area contributed by atoms with E-state index in [0.717, 1.165) is 0 Å². The van der Waals surface area contributed by atoms with E-state index in [2.05, 4.69) is 10.6 Å². The molecule has 0 aromatic carbocycles. The second kappa shape index (κ2) is 4.90. The Labute approximate surface area is 84.8 Å². The average molecular weight is 201 g/mol. The molecule has 0 aliphatic heterocycles. The van der Waals surface area contributed by atoms with Crippen LogP contribution in [0.1, 0.15) is 34.6 Å². The summed E-state index contributed by atoms with van der Waals surface area (Å²) >= 11 is -1.08. The Kier molecular flexibility index (Phi) is 4.83. The van der Waals surface area contributed by atoms with Crippen molar-refractivity contribution in [1.29, 1.82) is 0 Å². The molecular weight excluding hydrogens is 182 g/mol. The van der Waals surface area contributed by atoms with Crippen LogP contribution in [0.2, 0.25) is 0 Å². The minimum Gasteiger partial charge on any atom is -0.598 e. The van der Waals surface area contributed by atoms with E-state index >= 15 is 0 Å². The summed E-state index contributed by atoms with van der Waals surface area (Å²) in [6.07, 6.45) is 5.32. The van der Waals surface area contributed by atoms with E-state index < -0.39 is 11.4 Å². The van der Waals surface area contributed by atoms with Crippen LogP contribution in [0, 0.1) is 18.3 Å². The predicted molar refractivity (Wildman–Crippen MR) is 58.5 cm³/mol. The topological polar surface area (TPSA) is 35.1 Å². The monoisotopic (exact) mass is 201 g/mol. The van der Waals surface area contributed by atoms with E-state index in [1.165, 1.54) is 0 Å². The fourth-order valence-corrected chi connectivity index (χ4v) is 1.58. The lowest BCUT2D eigenvalue weighted by Crippen LogP contribution is -2.46. The Bertz CT molecular complexity index is 190. The van der Waals surface area contributed by atoms with Gasteiger partial charge in [-0.15, -0.1) is 11.1 Å². The standard InChI is InChI=1S/C10H19NOS/c1-7-9(8(2)3)11-13(12)10(4,5)6/h1,8-9,11H,2-6H3/t9-,13+/m1/s1. The molecule has 0 saturated heterocycles. The molecule has 0 saturated carbocycles. The van der Waals surface area contributed by atoms with Crippen molar-refractivity contribution in [2.45, 2.75) is 45.4 Å². The summed E-state index contributed by atoms with van der Waals surface area (Å²) in [4.78, 5) is 0. The first kappa shape index (κ1) is 12.8. The number of hydrogen-bond acceptors (Lipinski definition) is 2. The molecule has 76 valence electrons. The molecule has 0 heterocycles. The molecule has 0 fully saturated rings. The molecule has 1 N–H and O–H groups in total. The molecule has 0 aromatic heterocycles. The molecule has 0 radical (unpaired) electrons. The molecule has 0 aliphatic carbocycles. The van der Waals surface area contributed by atoms with Crippen LogP contribution in [0.4, 0.5) is 0 Å². The number of rotatable bonds is 3. The summed E-state index contributed by atoms with van der Waals surface area (Å²) in [5.41, 5.74) is 0. The highest BCUT2D eigenvalue weighted by atomic mass is 32.2. The smallest absolute Gasteiger partial charge is 0.136 e. The van der Waals surface area contributed by atoms with Gasteiger partial charge in [0.1, 0.15) is 10.8 Å². The van der Waals surface area contributed by atoms with Gasteiger partial charge < -0.3 is 4.55 Å². The van der Waals surface area contributed by atoms with Gasteiger partial charge in [0.2, 0.25) is 0 Å². The van der Waals surface area contributed by atoms with Gasteiger partial charge in [0.15, 0.2) is 0 Å². The van der Waals surface area contributed by atoms with Crippen molar-refractivity contribution >= 4 is 11.4 Å². The highest BCUT2D eigenvalue weighted by molar-refractivity contribution is 7.90. The maximum atomic E-state index is 11.6. The molecule has 0 aromatic rings. The quantitative estimate of drug-likeness (QED) is 0.557. The van der Waals surface area contributed by atoms with Gasteiger partial charge in [0.25, 0.3) is 0 Å². The van der Waals surface area contributed by atoms with Gasteiger partial charge in [0.05, 0.1) is 0 Å². The average Bonchev–Trinajstić information content (AvgIpc) is 1.96. The van der Waals surface area contributed by atoms with Crippen LogP contribution < -0.4 is 4.72 Å². The summed E-state index contributed by atoms with van der Waals surface area (Å²) in [7, 11) is 0. The lowest BCUT2D eigenvalue weighted by Gasteiger charge is -2.27. The normalized spacial score (nSPS) is 16.8. The first-order chi connectivity index (χ1) is 5.79. The molecule has 2 atom stereocenters. The lowest BCUT2D eigenvalue weighted by molar-refractivity contribution is 0.498. The molecule has 0 spiro atoms. The molecular formula is C10H19NOS. The van der Waals surface area contributed by atoms with Gasteiger partial charge in [-0.25, -0.2) is 0 Å². The Morgan fingerprint density at radius 2 is 1.85 bits per heavy atom. The minimum absolute atomic E-state index is 0.111. The molecule has 0 aliphatic rings. The maximum Gasteiger partial charge on any atom is 0.136 e. The van der Waals surface area contributed by atoms with Crippen molar-refractivity contribution in [2.75, 3.05) is 0 Å². The van der Waals surface area contributed by atoms with Crippen molar-refractivity contribution in [3.63, 3.8) is 0 Å². The summed E-state index contributed by atoms with van der Waals surface area (Å²) in [5, 5.41) is 0. The van der Waals surface area contributed by atoms with E-state index in [1.807, 2.05) is 34.6 Å². The number of nitrogens with one attached hydrogen (secondary N) is 1. The molecule has 3 heteroatoms. The Hall–Kier alpha value is -0.170. The first-order valence-corrected chi connectivity index (χ1v) is 5.58. The molecule has 2 nitrogen and oxygen atoms in total. The van der Waals surface area contributed by atoms with E-state index in [0.29, 0.717) is 5.92 Å². The third kappa shape index (κ3) is 4.56. The van der Waals surface area contributed by atoms with Gasteiger partial charge in [-0.3, -0.25) is 0 Å². The van der Waals surface area contributed by atoms with Crippen molar-refractivity contribution in [2.24, 2.45) is 5.92 Å². The van der Waals surface area contributed by atoms with Crippen LogP contribution in [0.15, 0.2) is 0 Å². The van der Waals surface area contributed by atoms with E-state index in [4.69, 9.17) is 6.42 Å². The van der Waals surface area contributed by atoms with Crippen LogP contribution in [-0.2, 0) is 11.4 Å². The fourth-order valence-electron chi connectivity index (χ4n) is 0.655. The number of terminal acetylenes is 1. The van der Waals surface area contributed by atoms with Crippen molar-refractivity contribution in [3.8, 4) is 12.3 Å². The maximum absolute atomic E-state index is 11.6. The van der Waals surface area contributed by atoms with Crippen LogP contribution in [0.25, 0.3) is 0 Å². The molecule has 0 rings (SSSR count). The Morgan fingerprint density at radius 3 is 2.08 bits per heavy atom. The van der Waals surface area contributed by atoms with Gasteiger partial charge >= 0.3 is 0 Å². The molecule has 0 unspecified atom stereocenters. The summed E-state index contributed by atoms with van der Waals surface area (Å²) in [5.74, 6) is 2.90. The third-order valence-corrected chi connectivity index (χ3v) is 3.22. The predicted octanol–water partition coefficient (Wildman–Crippen LogP) is 1.70. The van der Waals surface area contributed by atoms with E-state index in [9.17, 15) is 4.55 Å². The summed E-state index contributed by atoms with van der Waals surface area (Å²) in [6.45, 7) is 9.78. The summed E-state index contributed by atoms with van der Waals surface area (Å²) in [6, 6.07) is -0.111. The van der Waals surface area contributed by atoms with E-state index in [1.54, 1.807) is 0 Å². The SMILES string of the molecule is C#C[C@@H](N[S@@+]([O-])C(C)(C)C)C(C)C. The van der Waals surface area contributed by atoms with Crippen molar-refractivity contribution in [3.05, 3.63) is 0 Å². The summed E-state index contributed by atoms with van der Waals surface area (Å²) < 4.78 is 14.3. The molecule has 0 amide bonds. The molecule has 13 heavy (non-hydrogen) atoms. The minimum atomic E-state index is -1.08. The lowest BCUT2D eigenvalue weighted by atomic mass is 10.1. The van der Waals surface area contributed by atoms with Gasteiger partial charge in [-0.1, -0.05) is 19.8 Å². The van der Waals surface area contributed by atoms with Crippen molar-refractivity contribution < 1.29 is 4.55 Å². The van der Waals surface area contributed by atoms with Gasteiger partial charge in [-0.2, -0.15) is 0 Å². The van der Waals surface area contributed by atoms with E-state index in [-0.39, 0.29) is 10.8 Å². The van der Waals surface area contributed by atoms with Gasteiger partial charge in [-0.05, 0) is 26.7 Å². The van der Waals surface area contributed by atoms with Crippen LogP contribution in [-0.4, -0.2) is 15.3 Å².